The van der Waals surface area contributed by atoms with Crippen molar-refractivity contribution < 1.29 is 8.78 Å². The molecule has 2 aromatic heterocycles. The fourth-order valence-corrected chi connectivity index (χ4v) is 2.06. The number of nitrogens with zero attached hydrogens (tertiary/aromatic N) is 3. The number of nitroso groups, excluding NO2 is 1. The molecule has 3 rings (SSSR count). The average Bonchev–Trinajstić information content (AvgIpc) is 2.79. The number of rotatable bonds is 2. The van der Waals surface area contributed by atoms with Gasteiger partial charge in [-0.25, -0.2) is 13.8 Å². The molecule has 0 N–H and O–H groups in total. The zero-order valence-corrected chi connectivity index (χ0v) is 10.5. The second-order valence-corrected chi connectivity index (χ2v) is 4.44. The third kappa shape index (κ3) is 1.85. The fourth-order valence-electron chi connectivity index (χ4n) is 2.06. The Kier molecular flexibility index (Phi) is 2.78. The summed E-state index contributed by atoms with van der Waals surface area (Å²) >= 11 is 0. The molecule has 0 fully saturated rings. The summed E-state index contributed by atoms with van der Waals surface area (Å²) < 4.78 is 27.8. The second-order valence-electron chi connectivity index (χ2n) is 4.44. The van der Waals surface area contributed by atoms with Gasteiger partial charge in [0.15, 0.2) is 11.6 Å². The van der Waals surface area contributed by atoms with Gasteiger partial charge in [0, 0.05) is 11.8 Å². The molecule has 0 atom stereocenters. The Hall–Kier alpha value is -2.63. The third-order valence-corrected chi connectivity index (χ3v) is 3.04. The van der Waals surface area contributed by atoms with Gasteiger partial charge in [-0.05, 0) is 48.0 Å². The SMILES string of the molecule is Cc1ccn2c(N=O)c(-c3ccc(F)c(F)c3)nc2c1. The van der Waals surface area contributed by atoms with Gasteiger partial charge < -0.3 is 0 Å². The van der Waals surface area contributed by atoms with E-state index >= 15 is 0 Å². The highest BCUT2D eigenvalue weighted by molar-refractivity contribution is 5.74. The van der Waals surface area contributed by atoms with Gasteiger partial charge in [0.05, 0.1) is 0 Å². The van der Waals surface area contributed by atoms with Crippen LogP contribution in [0.3, 0.4) is 0 Å². The standard InChI is InChI=1S/C14H9F2N3O/c1-8-4-5-19-12(6-8)17-13(14(19)18-20)9-2-3-10(15)11(16)7-9/h2-7H,1H3. The maximum Gasteiger partial charge on any atom is 0.209 e. The van der Waals surface area contributed by atoms with Gasteiger partial charge in [-0.15, -0.1) is 4.91 Å². The molecule has 0 bridgehead atoms. The molecule has 20 heavy (non-hydrogen) atoms. The van der Waals surface area contributed by atoms with Crippen molar-refractivity contribution in [3.8, 4) is 11.3 Å². The molecule has 0 saturated carbocycles. The van der Waals surface area contributed by atoms with Crippen LogP contribution in [0.4, 0.5) is 14.6 Å². The monoisotopic (exact) mass is 273 g/mol. The van der Waals surface area contributed by atoms with E-state index in [4.69, 9.17) is 0 Å². The highest BCUT2D eigenvalue weighted by Gasteiger charge is 2.16. The van der Waals surface area contributed by atoms with E-state index in [0.29, 0.717) is 11.2 Å². The lowest BCUT2D eigenvalue weighted by atomic mass is 10.1. The van der Waals surface area contributed by atoms with E-state index in [9.17, 15) is 13.7 Å². The number of hydrogen-bond acceptors (Lipinski definition) is 3. The molecule has 0 aliphatic carbocycles. The first kappa shape index (κ1) is 12.4. The summed E-state index contributed by atoms with van der Waals surface area (Å²) in [5.74, 6) is -1.88. The van der Waals surface area contributed by atoms with Crippen molar-refractivity contribution in [1.82, 2.24) is 9.38 Å². The van der Waals surface area contributed by atoms with Gasteiger partial charge in [-0.1, -0.05) is 0 Å². The predicted molar refractivity (Wildman–Crippen MR) is 70.7 cm³/mol. The molecule has 0 spiro atoms. The first-order valence-corrected chi connectivity index (χ1v) is 5.87. The molecule has 2 heterocycles. The molecule has 3 aromatic rings. The molecular weight excluding hydrogens is 264 g/mol. The van der Waals surface area contributed by atoms with Crippen LogP contribution < -0.4 is 0 Å². The molecular formula is C14H9F2N3O. The maximum atomic E-state index is 13.3. The van der Waals surface area contributed by atoms with Crippen LogP contribution in [0.5, 0.6) is 0 Å². The lowest BCUT2D eigenvalue weighted by molar-refractivity contribution is 0.509. The highest BCUT2D eigenvalue weighted by atomic mass is 19.2. The Morgan fingerprint density at radius 3 is 2.65 bits per heavy atom. The Bertz CT molecular complexity index is 827. The number of aromatic nitrogens is 2. The van der Waals surface area contributed by atoms with Gasteiger partial charge in [0.2, 0.25) is 5.82 Å². The molecule has 1 aromatic carbocycles. The summed E-state index contributed by atoms with van der Waals surface area (Å²) in [5.41, 5.74) is 2.03. The van der Waals surface area contributed by atoms with Crippen molar-refractivity contribution in [2.75, 3.05) is 0 Å². The summed E-state index contributed by atoms with van der Waals surface area (Å²) in [6, 6.07) is 6.94. The fraction of sp³-hybridized carbons (Fsp3) is 0.0714. The lowest BCUT2D eigenvalue weighted by Crippen LogP contribution is -1.86. The minimum Gasteiger partial charge on any atom is -0.281 e. The Morgan fingerprint density at radius 1 is 1.15 bits per heavy atom. The molecule has 0 unspecified atom stereocenters. The number of aryl methyl sites for hydroxylation is 1. The van der Waals surface area contributed by atoms with Crippen LogP contribution in [0.15, 0.2) is 41.7 Å². The zero-order valence-electron chi connectivity index (χ0n) is 10.5. The van der Waals surface area contributed by atoms with Crippen LogP contribution in [0.2, 0.25) is 0 Å². The molecule has 0 aliphatic heterocycles. The first-order chi connectivity index (χ1) is 9.60. The van der Waals surface area contributed by atoms with Crippen LogP contribution in [-0.4, -0.2) is 9.38 Å². The molecule has 0 radical (unpaired) electrons. The van der Waals surface area contributed by atoms with Gasteiger partial charge >= 0.3 is 0 Å². The van der Waals surface area contributed by atoms with Gasteiger partial charge in [0.25, 0.3) is 0 Å². The van der Waals surface area contributed by atoms with E-state index in [-0.39, 0.29) is 11.5 Å². The topological polar surface area (TPSA) is 46.7 Å². The quantitative estimate of drug-likeness (QED) is 0.663. The third-order valence-electron chi connectivity index (χ3n) is 3.04. The van der Waals surface area contributed by atoms with Crippen LogP contribution in [0.25, 0.3) is 16.9 Å². The normalized spacial score (nSPS) is 10.9. The number of pyridine rings is 1. The van der Waals surface area contributed by atoms with Crippen molar-refractivity contribution >= 4 is 11.5 Å². The minimum atomic E-state index is -0.993. The molecule has 0 saturated heterocycles. The molecule has 4 nitrogen and oxygen atoms in total. The average molecular weight is 273 g/mol. The number of hydrogen-bond donors (Lipinski definition) is 0. The van der Waals surface area contributed by atoms with Crippen molar-refractivity contribution in [2.45, 2.75) is 6.92 Å². The number of fused-ring (bicyclic) bond motifs is 1. The second kappa shape index (κ2) is 4.48. The summed E-state index contributed by atoms with van der Waals surface area (Å²) in [4.78, 5) is 15.3. The van der Waals surface area contributed by atoms with E-state index in [1.54, 1.807) is 18.3 Å². The lowest BCUT2D eigenvalue weighted by Gasteiger charge is -1.99. The summed E-state index contributed by atoms with van der Waals surface area (Å²) in [7, 11) is 0. The number of benzene rings is 1. The van der Waals surface area contributed by atoms with Gasteiger partial charge in [-0.2, -0.15) is 0 Å². The first-order valence-electron chi connectivity index (χ1n) is 5.87. The van der Waals surface area contributed by atoms with Crippen LogP contribution in [0.1, 0.15) is 5.56 Å². The van der Waals surface area contributed by atoms with E-state index < -0.39 is 11.6 Å². The van der Waals surface area contributed by atoms with Crippen LogP contribution >= 0.6 is 0 Å². The van der Waals surface area contributed by atoms with Crippen LogP contribution in [0, 0.1) is 23.5 Å². The molecule has 0 aliphatic rings. The largest absolute Gasteiger partial charge is 0.281 e. The Morgan fingerprint density at radius 2 is 1.95 bits per heavy atom. The summed E-state index contributed by atoms with van der Waals surface area (Å²) in [5, 5.41) is 2.95. The van der Waals surface area contributed by atoms with E-state index in [1.807, 2.05) is 6.92 Å². The zero-order chi connectivity index (χ0) is 14.3. The summed E-state index contributed by atoms with van der Waals surface area (Å²) in [6.07, 6.45) is 1.66. The summed E-state index contributed by atoms with van der Waals surface area (Å²) in [6.45, 7) is 1.89. The van der Waals surface area contributed by atoms with Crippen molar-refractivity contribution in [3.63, 3.8) is 0 Å². The minimum absolute atomic E-state index is 0.0611. The predicted octanol–water partition coefficient (Wildman–Crippen LogP) is 3.99. The number of imidazole rings is 1. The maximum absolute atomic E-state index is 13.3. The number of halogens is 2. The Balaban J connectivity index is 2.29. The van der Waals surface area contributed by atoms with E-state index in [0.717, 1.165) is 17.7 Å². The van der Waals surface area contributed by atoms with Crippen molar-refractivity contribution in [1.29, 1.82) is 0 Å². The van der Waals surface area contributed by atoms with Gasteiger partial charge in [-0.3, -0.25) is 4.40 Å². The molecule has 0 amide bonds. The molecule has 100 valence electrons. The van der Waals surface area contributed by atoms with E-state index in [1.165, 1.54) is 10.5 Å². The highest BCUT2D eigenvalue weighted by Crippen LogP contribution is 2.31. The van der Waals surface area contributed by atoms with Gasteiger partial charge in [0.1, 0.15) is 11.3 Å². The van der Waals surface area contributed by atoms with E-state index in [2.05, 4.69) is 10.2 Å². The Labute approximate surface area is 112 Å². The smallest absolute Gasteiger partial charge is 0.209 e. The molecule has 6 heteroatoms. The van der Waals surface area contributed by atoms with Crippen molar-refractivity contribution in [3.05, 3.63) is 58.6 Å². The van der Waals surface area contributed by atoms with Crippen molar-refractivity contribution in [2.24, 2.45) is 5.18 Å². The van der Waals surface area contributed by atoms with Crippen LogP contribution in [-0.2, 0) is 0 Å².